The average Bonchev–Trinajstić information content (AvgIpc) is 3.14. The Hall–Kier alpha value is -5.98. The van der Waals surface area contributed by atoms with Gasteiger partial charge in [0.25, 0.3) is 0 Å². The summed E-state index contributed by atoms with van der Waals surface area (Å²) in [4.78, 5) is 77.1. The summed E-state index contributed by atoms with van der Waals surface area (Å²) in [5.74, 6) is -2.78. The van der Waals surface area contributed by atoms with Crippen molar-refractivity contribution < 1.29 is 38.2 Å². The first-order valence-corrected chi connectivity index (χ1v) is 15.8. The standard InChI is InChI=1S/C38H36N4O8/c1-49-37(47)31(17-23-9-5-3-6-10-23)39-21-33(43)41-25-13-15-27-29(19-25)35(45)28-16-14-26(20-30(28)36(27)46)42-34(44)22-40-32(38(48)50-2)18-24-11-7-4-8-12-24/h3-16,19-20,31-32,39-40H,17-18,21-22H2,1-2H3,(H,41,43)(H,42,44)/t31-,32-/m0/s1. The number of rotatable bonds is 14. The zero-order valence-corrected chi connectivity index (χ0v) is 27.5. The highest BCUT2D eigenvalue weighted by Gasteiger charge is 2.31. The lowest BCUT2D eigenvalue weighted by Crippen LogP contribution is -2.43. The number of anilines is 2. The first kappa shape index (κ1) is 35.3. The number of hydrogen-bond donors (Lipinski definition) is 4. The molecule has 4 aromatic rings. The van der Waals surface area contributed by atoms with Crippen LogP contribution in [0.3, 0.4) is 0 Å². The molecular weight excluding hydrogens is 640 g/mol. The van der Waals surface area contributed by atoms with Gasteiger partial charge in [-0.15, -0.1) is 0 Å². The Bertz CT molecular complexity index is 1770. The normalized spacial score (nSPS) is 12.9. The molecule has 4 N–H and O–H groups in total. The topological polar surface area (TPSA) is 169 Å². The predicted octanol–water partition coefficient (Wildman–Crippen LogP) is 3.09. The Morgan fingerprint density at radius 1 is 0.540 bits per heavy atom. The lowest BCUT2D eigenvalue weighted by Gasteiger charge is -2.20. The molecule has 1 aliphatic rings. The van der Waals surface area contributed by atoms with E-state index < -0.39 is 47.4 Å². The van der Waals surface area contributed by atoms with Gasteiger partial charge in [-0.1, -0.05) is 60.7 Å². The Labute approximate surface area is 288 Å². The van der Waals surface area contributed by atoms with Crippen molar-refractivity contribution in [2.24, 2.45) is 0 Å². The van der Waals surface area contributed by atoms with Crippen molar-refractivity contribution in [3.05, 3.63) is 130 Å². The highest BCUT2D eigenvalue weighted by Crippen LogP contribution is 2.31. The van der Waals surface area contributed by atoms with Gasteiger partial charge < -0.3 is 20.1 Å². The van der Waals surface area contributed by atoms with Crippen LogP contribution < -0.4 is 21.3 Å². The van der Waals surface area contributed by atoms with E-state index in [1.807, 2.05) is 60.7 Å². The third-order valence-electron chi connectivity index (χ3n) is 8.14. The fourth-order valence-electron chi connectivity index (χ4n) is 5.61. The minimum atomic E-state index is -0.755. The van der Waals surface area contributed by atoms with Crippen LogP contribution in [0.2, 0.25) is 0 Å². The van der Waals surface area contributed by atoms with E-state index in [2.05, 4.69) is 21.3 Å². The molecule has 0 radical (unpaired) electrons. The van der Waals surface area contributed by atoms with Gasteiger partial charge in [0.05, 0.1) is 27.3 Å². The number of methoxy groups -OCH3 is 2. The SMILES string of the molecule is COC(=O)[C@H](Cc1ccccc1)NCC(=O)Nc1ccc2c(c1)C(=O)c1ccc(NC(=O)CN[C@@H](Cc3ccccc3)C(=O)OC)cc1C2=O. The molecule has 256 valence electrons. The molecule has 0 aromatic heterocycles. The number of ketones is 2. The first-order chi connectivity index (χ1) is 24.2. The third-order valence-corrected chi connectivity index (χ3v) is 8.14. The van der Waals surface area contributed by atoms with E-state index in [9.17, 15) is 28.8 Å². The van der Waals surface area contributed by atoms with Crippen LogP contribution in [-0.2, 0) is 41.5 Å². The molecular formula is C38H36N4O8. The molecule has 0 bridgehead atoms. The van der Waals surface area contributed by atoms with E-state index in [1.54, 1.807) is 0 Å². The lowest BCUT2D eigenvalue weighted by atomic mass is 9.83. The molecule has 0 saturated heterocycles. The zero-order valence-electron chi connectivity index (χ0n) is 27.5. The molecule has 2 atom stereocenters. The molecule has 0 heterocycles. The molecule has 2 amide bonds. The number of nitrogens with one attached hydrogen (secondary N) is 4. The van der Waals surface area contributed by atoms with Crippen LogP contribution in [0, 0.1) is 0 Å². The van der Waals surface area contributed by atoms with Gasteiger partial charge in [-0.3, -0.25) is 39.4 Å². The molecule has 0 spiro atoms. The number of fused-ring (bicyclic) bond motifs is 2. The largest absolute Gasteiger partial charge is 0.468 e. The van der Waals surface area contributed by atoms with Gasteiger partial charge >= 0.3 is 11.9 Å². The molecule has 1 aliphatic carbocycles. The summed E-state index contributed by atoms with van der Waals surface area (Å²) in [6.07, 6.45) is 0.644. The van der Waals surface area contributed by atoms with E-state index >= 15 is 0 Å². The second-order valence-corrected chi connectivity index (χ2v) is 11.6. The second kappa shape index (κ2) is 16.4. The summed E-state index contributed by atoms with van der Waals surface area (Å²) in [5.41, 5.74) is 2.93. The molecule has 12 heteroatoms. The summed E-state index contributed by atoms with van der Waals surface area (Å²) in [6.45, 7) is -0.417. The molecule has 0 unspecified atom stereocenters. The van der Waals surface area contributed by atoms with Crippen molar-refractivity contribution in [2.45, 2.75) is 24.9 Å². The monoisotopic (exact) mass is 676 g/mol. The van der Waals surface area contributed by atoms with Crippen LogP contribution in [-0.4, -0.2) is 74.7 Å². The fraction of sp³-hybridized carbons (Fsp3) is 0.211. The van der Waals surface area contributed by atoms with Crippen molar-refractivity contribution in [3.63, 3.8) is 0 Å². The molecule has 12 nitrogen and oxygen atoms in total. The molecule has 5 rings (SSSR count). The minimum Gasteiger partial charge on any atom is -0.468 e. The summed E-state index contributed by atoms with van der Waals surface area (Å²) in [7, 11) is 2.55. The minimum absolute atomic E-state index is 0.123. The number of benzene rings is 4. The summed E-state index contributed by atoms with van der Waals surface area (Å²) in [6, 6.07) is 25.9. The predicted molar refractivity (Wildman–Crippen MR) is 185 cm³/mol. The van der Waals surface area contributed by atoms with Gasteiger partial charge in [0.15, 0.2) is 11.6 Å². The second-order valence-electron chi connectivity index (χ2n) is 11.6. The number of carbonyl (C=O) groups excluding carboxylic acids is 6. The number of hydrogen-bond acceptors (Lipinski definition) is 10. The lowest BCUT2D eigenvalue weighted by molar-refractivity contribution is -0.144. The highest BCUT2D eigenvalue weighted by molar-refractivity contribution is 6.29. The first-order valence-electron chi connectivity index (χ1n) is 15.8. The number of esters is 2. The van der Waals surface area contributed by atoms with E-state index in [0.717, 1.165) is 11.1 Å². The molecule has 0 aliphatic heterocycles. The van der Waals surface area contributed by atoms with Crippen LogP contribution in [0.4, 0.5) is 11.4 Å². The quantitative estimate of drug-likeness (QED) is 0.128. The van der Waals surface area contributed by atoms with Crippen LogP contribution in [0.1, 0.15) is 43.0 Å². The summed E-state index contributed by atoms with van der Waals surface area (Å²) >= 11 is 0. The number of ether oxygens (including phenoxy) is 2. The Kier molecular flexibility index (Phi) is 11.6. The third kappa shape index (κ3) is 8.73. The van der Waals surface area contributed by atoms with Crippen molar-refractivity contribution >= 4 is 46.7 Å². The van der Waals surface area contributed by atoms with E-state index in [0.29, 0.717) is 24.2 Å². The Balaban J connectivity index is 1.20. The number of amides is 2. The number of carbonyl (C=O) groups is 6. The highest BCUT2D eigenvalue weighted by atomic mass is 16.5. The maximum atomic E-state index is 13.5. The van der Waals surface area contributed by atoms with Gasteiger partial charge in [-0.2, -0.15) is 0 Å². The molecule has 4 aromatic carbocycles. The van der Waals surface area contributed by atoms with E-state index in [4.69, 9.17) is 9.47 Å². The average molecular weight is 677 g/mol. The summed E-state index contributed by atoms with van der Waals surface area (Å²) in [5, 5.41) is 11.2. The smallest absolute Gasteiger partial charge is 0.323 e. The summed E-state index contributed by atoms with van der Waals surface area (Å²) < 4.78 is 9.76. The van der Waals surface area contributed by atoms with Crippen LogP contribution in [0.25, 0.3) is 0 Å². The molecule has 0 saturated carbocycles. The van der Waals surface area contributed by atoms with Gasteiger partial charge in [-0.25, -0.2) is 0 Å². The molecule has 0 fully saturated rings. The van der Waals surface area contributed by atoms with Crippen LogP contribution in [0.5, 0.6) is 0 Å². The van der Waals surface area contributed by atoms with Crippen molar-refractivity contribution in [1.29, 1.82) is 0 Å². The van der Waals surface area contributed by atoms with Gasteiger partial charge in [0.1, 0.15) is 12.1 Å². The fourth-order valence-corrected chi connectivity index (χ4v) is 5.61. The van der Waals surface area contributed by atoms with Crippen LogP contribution >= 0.6 is 0 Å². The maximum Gasteiger partial charge on any atom is 0.323 e. The molecule has 50 heavy (non-hydrogen) atoms. The van der Waals surface area contributed by atoms with Crippen molar-refractivity contribution in [2.75, 3.05) is 37.9 Å². The van der Waals surface area contributed by atoms with Crippen molar-refractivity contribution in [3.8, 4) is 0 Å². The Morgan fingerprint density at radius 3 is 1.28 bits per heavy atom. The van der Waals surface area contributed by atoms with Crippen molar-refractivity contribution in [1.82, 2.24) is 10.6 Å². The zero-order chi connectivity index (χ0) is 35.6. The van der Waals surface area contributed by atoms with Gasteiger partial charge in [-0.05, 0) is 60.4 Å². The maximum absolute atomic E-state index is 13.5. The Morgan fingerprint density at radius 2 is 0.920 bits per heavy atom. The van der Waals surface area contributed by atoms with Gasteiger partial charge in [0.2, 0.25) is 11.8 Å². The van der Waals surface area contributed by atoms with Gasteiger partial charge in [0, 0.05) is 33.6 Å². The van der Waals surface area contributed by atoms with E-state index in [-0.39, 0.29) is 35.3 Å². The van der Waals surface area contributed by atoms with Crippen LogP contribution in [0.15, 0.2) is 97.1 Å². The van der Waals surface area contributed by atoms with E-state index in [1.165, 1.54) is 50.6 Å².